The molecule has 0 aliphatic rings. The monoisotopic (exact) mass is 435 g/mol. The van der Waals surface area contributed by atoms with Gasteiger partial charge in [-0.15, -0.1) is 10.1 Å². The molecule has 154 valence electrons. The highest BCUT2D eigenvalue weighted by molar-refractivity contribution is 8.76. The molecule has 0 aliphatic heterocycles. The summed E-state index contributed by atoms with van der Waals surface area (Å²) in [5.74, 6) is 0.0792. The molecule has 0 N–H and O–H groups in total. The molecular weight excluding hydrogens is 414 g/mol. The molecule has 9 heteroatoms. The highest BCUT2D eigenvalue weighted by atomic mass is 33.1. The van der Waals surface area contributed by atoms with Gasteiger partial charge in [0.1, 0.15) is 13.2 Å². The van der Waals surface area contributed by atoms with Crippen molar-refractivity contribution in [3.05, 3.63) is 81.4 Å². The molecule has 0 spiro atoms. The van der Waals surface area contributed by atoms with Crippen LogP contribution in [0.2, 0.25) is 0 Å². The standard InChI is InChI=1S/C20H21NO6S2/c1-15(20(23)26-10-12-28-29-13-11-27-21(24)25)17-8-5-9-18(14-17)19(22)16-6-3-2-4-7-16/h2-9,14-15H,10-13H2,1H3. The second-order valence-electron chi connectivity index (χ2n) is 5.91. The van der Waals surface area contributed by atoms with Crippen molar-refractivity contribution in [3.63, 3.8) is 0 Å². The van der Waals surface area contributed by atoms with E-state index >= 15 is 0 Å². The van der Waals surface area contributed by atoms with Gasteiger partial charge in [0.25, 0.3) is 5.09 Å². The first-order chi connectivity index (χ1) is 14.0. The summed E-state index contributed by atoms with van der Waals surface area (Å²) in [4.78, 5) is 39.1. The summed E-state index contributed by atoms with van der Waals surface area (Å²) in [5, 5.41) is 9.19. The molecule has 0 aromatic heterocycles. The van der Waals surface area contributed by atoms with Crippen LogP contribution in [0.15, 0.2) is 54.6 Å². The largest absolute Gasteiger partial charge is 0.464 e. The number of esters is 1. The topological polar surface area (TPSA) is 95.7 Å². The van der Waals surface area contributed by atoms with Crippen molar-refractivity contribution in [1.29, 1.82) is 0 Å². The highest BCUT2D eigenvalue weighted by Gasteiger charge is 2.18. The highest BCUT2D eigenvalue weighted by Crippen LogP contribution is 2.22. The maximum absolute atomic E-state index is 12.6. The van der Waals surface area contributed by atoms with Gasteiger partial charge in [-0.2, -0.15) is 0 Å². The van der Waals surface area contributed by atoms with Crippen LogP contribution in [0.3, 0.4) is 0 Å². The fraction of sp³-hybridized carbons (Fsp3) is 0.300. The molecule has 0 saturated heterocycles. The molecule has 29 heavy (non-hydrogen) atoms. The fourth-order valence-corrected chi connectivity index (χ4v) is 4.05. The maximum Gasteiger partial charge on any atom is 0.313 e. The fourth-order valence-electron chi connectivity index (χ4n) is 2.41. The third kappa shape index (κ3) is 7.78. The Labute approximate surface area is 176 Å². The van der Waals surface area contributed by atoms with Crippen molar-refractivity contribution in [2.45, 2.75) is 12.8 Å². The molecule has 2 aromatic carbocycles. The minimum absolute atomic E-state index is 0.0273. The summed E-state index contributed by atoms with van der Waals surface area (Å²) < 4.78 is 5.29. The molecule has 1 unspecified atom stereocenters. The van der Waals surface area contributed by atoms with E-state index in [2.05, 4.69) is 4.84 Å². The second-order valence-corrected chi connectivity index (χ2v) is 8.61. The van der Waals surface area contributed by atoms with Crippen LogP contribution in [-0.4, -0.2) is 41.6 Å². The molecule has 0 heterocycles. The molecular formula is C20H21NO6S2. The number of rotatable bonds is 12. The van der Waals surface area contributed by atoms with E-state index in [-0.39, 0.29) is 25.0 Å². The Balaban J connectivity index is 1.79. The number of ether oxygens (including phenoxy) is 1. The quantitative estimate of drug-likeness (QED) is 0.122. The summed E-state index contributed by atoms with van der Waals surface area (Å²) in [6.07, 6.45) is 0. The molecule has 0 saturated carbocycles. The number of ketones is 1. The summed E-state index contributed by atoms with van der Waals surface area (Å²) >= 11 is 0. The van der Waals surface area contributed by atoms with Gasteiger partial charge in [-0.3, -0.25) is 9.59 Å². The summed E-state index contributed by atoms with van der Waals surface area (Å²) in [6, 6.07) is 16.0. The lowest BCUT2D eigenvalue weighted by Gasteiger charge is -2.13. The number of carbonyl (C=O) groups is 2. The summed E-state index contributed by atoms with van der Waals surface area (Å²) in [7, 11) is 2.86. The van der Waals surface area contributed by atoms with Crippen LogP contribution in [0.25, 0.3) is 0 Å². The zero-order chi connectivity index (χ0) is 21.1. The Hall–Kier alpha value is -2.52. The van der Waals surface area contributed by atoms with Gasteiger partial charge in [0.2, 0.25) is 0 Å². The summed E-state index contributed by atoms with van der Waals surface area (Å²) in [6.45, 7) is 2.00. The van der Waals surface area contributed by atoms with Crippen molar-refractivity contribution in [1.82, 2.24) is 0 Å². The predicted molar refractivity (Wildman–Crippen MR) is 114 cm³/mol. The zero-order valence-corrected chi connectivity index (χ0v) is 17.4. The number of nitrogens with zero attached hydrogens (tertiary/aromatic N) is 1. The Morgan fingerprint density at radius 2 is 1.66 bits per heavy atom. The minimum Gasteiger partial charge on any atom is -0.464 e. The van der Waals surface area contributed by atoms with Crippen LogP contribution in [0, 0.1) is 10.1 Å². The predicted octanol–water partition coefficient (Wildman–Crippen LogP) is 4.15. The van der Waals surface area contributed by atoms with Gasteiger partial charge < -0.3 is 9.57 Å². The molecule has 0 radical (unpaired) electrons. The van der Waals surface area contributed by atoms with Gasteiger partial charge in [-0.05, 0) is 18.6 Å². The molecule has 7 nitrogen and oxygen atoms in total. The van der Waals surface area contributed by atoms with Gasteiger partial charge in [0.05, 0.1) is 5.92 Å². The first-order valence-electron chi connectivity index (χ1n) is 8.87. The van der Waals surface area contributed by atoms with Crippen LogP contribution in [0.1, 0.15) is 34.3 Å². The second kappa shape index (κ2) is 12.1. The van der Waals surface area contributed by atoms with Gasteiger partial charge in [-0.25, -0.2) is 0 Å². The first kappa shape index (κ1) is 22.8. The molecule has 0 bridgehead atoms. The molecule has 0 fully saturated rings. The number of carbonyl (C=O) groups excluding carboxylic acids is 2. The van der Waals surface area contributed by atoms with Gasteiger partial charge in [0, 0.05) is 22.6 Å². The lowest BCUT2D eigenvalue weighted by Crippen LogP contribution is -2.15. The van der Waals surface area contributed by atoms with Crippen LogP contribution in [0.4, 0.5) is 0 Å². The maximum atomic E-state index is 12.6. The molecule has 0 amide bonds. The van der Waals surface area contributed by atoms with Crippen molar-refractivity contribution in [3.8, 4) is 0 Å². The van der Waals surface area contributed by atoms with E-state index in [9.17, 15) is 19.7 Å². The minimum atomic E-state index is -0.823. The van der Waals surface area contributed by atoms with E-state index < -0.39 is 11.0 Å². The van der Waals surface area contributed by atoms with Crippen LogP contribution in [-0.2, 0) is 14.4 Å². The molecule has 2 rings (SSSR count). The van der Waals surface area contributed by atoms with Gasteiger partial charge in [0.15, 0.2) is 5.78 Å². The number of hydrogen-bond acceptors (Lipinski definition) is 8. The van der Waals surface area contributed by atoms with Crippen LogP contribution < -0.4 is 0 Å². The van der Waals surface area contributed by atoms with E-state index in [1.54, 1.807) is 43.3 Å². The molecule has 1 atom stereocenters. The number of benzene rings is 2. The van der Waals surface area contributed by atoms with Crippen LogP contribution in [0.5, 0.6) is 0 Å². The molecule has 2 aromatic rings. The van der Waals surface area contributed by atoms with Crippen molar-refractivity contribution in [2.75, 3.05) is 24.7 Å². The van der Waals surface area contributed by atoms with Crippen molar-refractivity contribution >= 4 is 33.3 Å². The van der Waals surface area contributed by atoms with Crippen molar-refractivity contribution < 1.29 is 24.3 Å². The van der Waals surface area contributed by atoms with E-state index in [0.29, 0.717) is 22.6 Å². The lowest BCUT2D eigenvalue weighted by atomic mass is 9.96. The third-order valence-electron chi connectivity index (χ3n) is 3.90. The third-order valence-corrected chi connectivity index (χ3v) is 6.23. The van der Waals surface area contributed by atoms with Crippen molar-refractivity contribution in [2.24, 2.45) is 0 Å². The average molecular weight is 436 g/mol. The molecule has 0 aliphatic carbocycles. The Bertz CT molecular complexity index is 831. The van der Waals surface area contributed by atoms with Gasteiger partial charge >= 0.3 is 5.97 Å². The van der Waals surface area contributed by atoms with E-state index in [1.807, 2.05) is 18.2 Å². The van der Waals surface area contributed by atoms with E-state index in [1.165, 1.54) is 21.6 Å². The smallest absolute Gasteiger partial charge is 0.313 e. The van der Waals surface area contributed by atoms with Crippen LogP contribution >= 0.6 is 21.6 Å². The normalized spacial score (nSPS) is 11.5. The first-order valence-corrected chi connectivity index (χ1v) is 11.4. The van der Waals surface area contributed by atoms with Gasteiger partial charge in [-0.1, -0.05) is 70.1 Å². The van der Waals surface area contributed by atoms with E-state index in [4.69, 9.17) is 4.74 Å². The average Bonchev–Trinajstić information content (AvgIpc) is 2.74. The summed E-state index contributed by atoms with van der Waals surface area (Å²) in [5.41, 5.74) is 1.84. The SMILES string of the molecule is CC(C(=O)OCCSSCCO[N+](=O)[O-])c1cccc(C(=O)c2ccccc2)c1. The Morgan fingerprint density at radius 1 is 1.00 bits per heavy atom. The lowest BCUT2D eigenvalue weighted by molar-refractivity contribution is -0.756. The zero-order valence-electron chi connectivity index (χ0n) is 15.8. The van der Waals surface area contributed by atoms with E-state index in [0.717, 1.165) is 5.56 Å². The number of hydrogen-bond donors (Lipinski definition) is 0. The Kier molecular flexibility index (Phi) is 9.52. The Morgan fingerprint density at radius 3 is 2.34 bits per heavy atom.